The summed E-state index contributed by atoms with van der Waals surface area (Å²) in [6.07, 6.45) is 1.13. The minimum Gasteiger partial charge on any atom is -0.593 e. The van der Waals surface area contributed by atoms with Crippen LogP contribution in [0.1, 0.15) is 37.0 Å². The summed E-state index contributed by atoms with van der Waals surface area (Å²) in [5.41, 5.74) is 2.72. The molecule has 28 heavy (non-hydrogen) atoms. The van der Waals surface area contributed by atoms with Gasteiger partial charge < -0.3 is 9.29 Å². The molecule has 1 saturated heterocycles. The van der Waals surface area contributed by atoms with E-state index in [1.165, 1.54) is 5.56 Å². The number of nitrogens with one attached hydrogen (secondary N) is 1. The summed E-state index contributed by atoms with van der Waals surface area (Å²) in [5.74, 6) is 0.893. The molecule has 0 unspecified atom stereocenters. The van der Waals surface area contributed by atoms with Crippen LogP contribution >= 0.6 is 0 Å². The Balaban J connectivity index is 1.52. The molecule has 0 saturated carbocycles. The highest BCUT2D eigenvalue weighted by Gasteiger charge is 2.27. The number of hydrogen-bond acceptors (Lipinski definition) is 5. The number of benzene rings is 2. The number of nitrogens with zero attached hydrogens (tertiary/aromatic N) is 2. The molecular formula is C22H27N3O2S. The van der Waals surface area contributed by atoms with Crippen molar-refractivity contribution in [2.45, 2.75) is 50.8 Å². The van der Waals surface area contributed by atoms with Crippen molar-refractivity contribution in [3.05, 3.63) is 59.2 Å². The summed E-state index contributed by atoms with van der Waals surface area (Å²) >= 11 is -1.31. The summed E-state index contributed by atoms with van der Waals surface area (Å²) in [5, 5.41) is 9.16. The van der Waals surface area contributed by atoms with Gasteiger partial charge in [0.25, 0.3) is 0 Å². The van der Waals surface area contributed by atoms with Gasteiger partial charge in [-0.05, 0) is 56.5 Å². The molecule has 2 atom stereocenters. The minimum atomic E-state index is -1.31. The molecule has 1 aliphatic heterocycles. The van der Waals surface area contributed by atoms with Crippen LogP contribution in [0.2, 0.25) is 0 Å². The summed E-state index contributed by atoms with van der Waals surface area (Å²) in [6.45, 7) is 8.62. The standard InChI is InChI=1S/C22H27N3O2S/c1-16(2)27-21-7-5-18(6-8-21)14-25-11-10-20(15-25)24-28(26)22-9-4-17(3)19(12-22)13-23/h4-9,12,16,20,24H,10-11,14-15H2,1-3H3/t20-,28+/m1/s1. The Morgan fingerprint density at radius 1 is 1.29 bits per heavy atom. The SMILES string of the molecule is Cc1ccc([S@+]([O-])N[C@@H]2CCN(Cc3ccc(OC(C)C)cc3)C2)cc1C#N. The van der Waals surface area contributed by atoms with Crippen LogP contribution in [0.25, 0.3) is 0 Å². The maximum absolute atomic E-state index is 12.6. The Hall–Kier alpha value is -2.04. The van der Waals surface area contributed by atoms with Crippen molar-refractivity contribution in [2.24, 2.45) is 0 Å². The quantitative estimate of drug-likeness (QED) is 0.724. The van der Waals surface area contributed by atoms with E-state index < -0.39 is 11.4 Å². The van der Waals surface area contributed by atoms with E-state index in [0.717, 1.165) is 37.4 Å². The molecular weight excluding hydrogens is 370 g/mol. The van der Waals surface area contributed by atoms with E-state index in [-0.39, 0.29) is 12.1 Å². The van der Waals surface area contributed by atoms with Crippen LogP contribution in [0.15, 0.2) is 47.4 Å². The van der Waals surface area contributed by atoms with Gasteiger partial charge in [-0.2, -0.15) is 5.26 Å². The molecule has 1 aliphatic rings. The summed E-state index contributed by atoms with van der Waals surface area (Å²) in [7, 11) is 0. The molecule has 0 aliphatic carbocycles. The second-order valence-corrected chi connectivity index (χ2v) is 8.75. The first-order chi connectivity index (χ1) is 13.4. The van der Waals surface area contributed by atoms with Gasteiger partial charge in [-0.3, -0.25) is 4.90 Å². The van der Waals surface area contributed by atoms with Crippen LogP contribution in [0, 0.1) is 18.3 Å². The molecule has 2 aromatic rings. The summed E-state index contributed by atoms with van der Waals surface area (Å²) < 4.78 is 21.5. The molecule has 0 amide bonds. The van der Waals surface area contributed by atoms with Crippen molar-refractivity contribution in [2.75, 3.05) is 13.1 Å². The predicted molar refractivity (Wildman–Crippen MR) is 111 cm³/mol. The molecule has 0 bridgehead atoms. The third kappa shape index (κ3) is 5.49. The van der Waals surface area contributed by atoms with E-state index in [1.807, 2.05) is 45.0 Å². The molecule has 3 rings (SSSR count). The Morgan fingerprint density at radius 3 is 2.71 bits per heavy atom. The van der Waals surface area contributed by atoms with Crippen molar-refractivity contribution in [3.8, 4) is 11.8 Å². The molecule has 6 heteroatoms. The number of nitriles is 1. The Morgan fingerprint density at radius 2 is 2.04 bits per heavy atom. The maximum Gasteiger partial charge on any atom is 0.175 e. The van der Waals surface area contributed by atoms with E-state index in [0.29, 0.717) is 10.5 Å². The van der Waals surface area contributed by atoms with Crippen molar-refractivity contribution in [1.29, 1.82) is 5.26 Å². The third-order valence-electron chi connectivity index (χ3n) is 4.79. The Kier molecular flexibility index (Phi) is 6.97. The van der Waals surface area contributed by atoms with Crippen molar-refractivity contribution in [1.82, 2.24) is 9.62 Å². The van der Waals surface area contributed by atoms with Gasteiger partial charge in [0.1, 0.15) is 5.75 Å². The molecule has 148 valence electrons. The lowest BCUT2D eigenvalue weighted by Crippen LogP contribution is -2.37. The second-order valence-electron chi connectivity index (χ2n) is 7.51. The zero-order chi connectivity index (χ0) is 20.1. The minimum absolute atomic E-state index is 0.176. The number of rotatable bonds is 7. The number of aryl methyl sites for hydroxylation is 1. The molecule has 2 aromatic carbocycles. The monoisotopic (exact) mass is 397 g/mol. The smallest absolute Gasteiger partial charge is 0.175 e. The largest absolute Gasteiger partial charge is 0.593 e. The average molecular weight is 398 g/mol. The molecule has 0 radical (unpaired) electrons. The van der Waals surface area contributed by atoms with Gasteiger partial charge in [0.15, 0.2) is 4.90 Å². The molecule has 1 N–H and O–H groups in total. The van der Waals surface area contributed by atoms with Crippen molar-refractivity contribution in [3.63, 3.8) is 0 Å². The lowest BCUT2D eigenvalue weighted by molar-refractivity contribution is 0.242. The van der Waals surface area contributed by atoms with E-state index >= 15 is 0 Å². The first-order valence-electron chi connectivity index (χ1n) is 9.61. The lowest BCUT2D eigenvalue weighted by Gasteiger charge is -2.18. The zero-order valence-electron chi connectivity index (χ0n) is 16.6. The van der Waals surface area contributed by atoms with Crippen LogP contribution < -0.4 is 9.46 Å². The van der Waals surface area contributed by atoms with Gasteiger partial charge in [0.2, 0.25) is 0 Å². The second kappa shape index (κ2) is 9.44. The predicted octanol–water partition coefficient (Wildman–Crippen LogP) is 3.54. The fraction of sp³-hybridized carbons (Fsp3) is 0.409. The highest BCUT2D eigenvalue weighted by Crippen LogP contribution is 2.20. The van der Waals surface area contributed by atoms with Gasteiger partial charge >= 0.3 is 0 Å². The van der Waals surface area contributed by atoms with E-state index in [9.17, 15) is 4.55 Å². The highest BCUT2D eigenvalue weighted by atomic mass is 32.2. The average Bonchev–Trinajstić information content (AvgIpc) is 3.10. The Bertz CT molecular complexity index is 833. The van der Waals surface area contributed by atoms with Crippen LogP contribution in [0.5, 0.6) is 5.75 Å². The molecule has 5 nitrogen and oxygen atoms in total. The number of ether oxygens (including phenoxy) is 1. The summed E-state index contributed by atoms with van der Waals surface area (Å²) in [4.78, 5) is 3.02. The van der Waals surface area contributed by atoms with Gasteiger partial charge in [-0.25, -0.2) is 0 Å². The van der Waals surface area contributed by atoms with Gasteiger partial charge in [-0.1, -0.05) is 18.2 Å². The van der Waals surface area contributed by atoms with Crippen LogP contribution in [-0.4, -0.2) is 34.7 Å². The molecule has 1 heterocycles. The van der Waals surface area contributed by atoms with Gasteiger partial charge in [0.05, 0.1) is 35.1 Å². The van der Waals surface area contributed by atoms with E-state index in [1.54, 1.807) is 6.07 Å². The fourth-order valence-corrected chi connectivity index (χ4v) is 4.38. The lowest BCUT2D eigenvalue weighted by atomic mass is 10.1. The van der Waals surface area contributed by atoms with Crippen molar-refractivity contribution < 1.29 is 9.29 Å². The third-order valence-corrected chi connectivity index (χ3v) is 6.02. The molecule has 0 spiro atoms. The summed E-state index contributed by atoms with van der Waals surface area (Å²) in [6, 6.07) is 16.0. The van der Waals surface area contributed by atoms with Crippen LogP contribution in [0.3, 0.4) is 0 Å². The van der Waals surface area contributed by atoms with E-state index in [4.69, 9.17) is 10.00 Å². The maximum atomic E-state index is 12.6. The van der Waals surface area contributed by atoms with E-state index in [2.05, 4.69) is 27.8 Å². The first kappa shape index (κ1) is 20.7. The fourth-order valence-electron chi connectivity index (χ4n) is 3.33. The van der Waals surface area contributed by atoms with Crippen LogP contribution in [-0.2, 0) is 17.9 Å². The Labute approximate surface area is 170 Å². The van der Waals surface area contributed by atoms with Crippen LogP contribution in [0.4, 0.5) is 0 Å². The topological polar surface area (TPSA) is 71.3 Å². The van der Waals surface area contributed by atoms with Crippen molar-refractivity contribution >= 4 is 11.4 Å². The van der Waals surface area contributed by atoms with Gasteiger partial charge in [0, 0.05) is 25.7 Å². The number of hydrogen-bond donors (Lipinski definition) is 1. The highest BCUT2D eigenvalue weighted by molar-refractivity contribution is 7.89. The molecule has 0 aromatic heterocycles. The first-order valence-corrected chi connectivity index (χ1v) is 10.8. The zero-order valence-corrected chi connectivity index (χ0v) is 17.5. The van der Waals surface area contributed by atoms with Gasteiger partial charge in [-0.15, -0.1) is 4.72 Å². The molecule has 1 fully saturated rings. The normalized spacial score (nSPS) is 18.2. The number of likely N-dealkylation sites (tertiary alicyclic amines) is 1.